The summed E-state index contributed by atoms with van der Waals surface area (Å²) in [4.78, 5) is 17.7. The molecule has 6 nitrogen and oxygen atoms in total. The van der Waals surface area contributed by atoms with Gasteiger partial charge in [-0.1, -0.05) is 5.16 Å². The van der Waals surface area contributed by atoms with Crippen LogP contribution in [0.4, 0.5) is 13.2 Å². The second kappa shape index (κ2) is 5.95. The standard InChI is InChI=1S/C15H17F3N4O2/c1-9-6-11(24-20-9)14(23)22-5-3-4-10(7-22)13-19-12(8-21(13)2)15(16,17)18/h6,8,10H,3-5,7H2,1-2H3. The lowest BCUT2D eigenvalue weighted by molar-refractivity contribution is -0.141. The van der Waals surface area contributed by atoms with Gasteiger partial charge in [-0.3, -0.25) is 4.79 Å². The lowest BCUT2D eigenvalue weighted by Crippen LogP contribution is -2.39. The van der Waals surface area contributed by atoms with Crippen molar-refractivity contribution >= 4 is 5.91 Å². The normalized spacial score (nSPS) is 18.9. The van der Waals surface area contributed by atoms with E-state index in [0.29, 0.717) is 37.4 Å². The quantitative estimate of drug-likeness (QED) is 0.842. The monoisotopic (exact) mass is 342 g/mol. The average molecular weight is 342 g/mol. The van der Waals surface area contributed by atoms with Crippen molar-refractivity contribution in [2.75, 3.05) is 13.1 Å². The summed E-state index contributed by atoms with van der Waals surface area (Å²) in [7, 11) is 1.54. The number of hydrogen-bond acceptors (Lipinski definition) is 4. The van der Waals surface area contributed by atoms with E-state index in [1.54, 1.807) is 17.9 Å². The summed E-state index contributed by atoms with van der Waals surface area (Å²) in [6.45, 7) is 2.55. The van der Waals surface area contributed by atoms with E-state index in [9.17, 15) is 18.0 Å². The molecule has 1 aliphatic heterocycles. The summed E-state index contributed by atoms with van der Waals surface area (Å²) >= 11 is 0. The van der Waals surface area contributed by atoms with Crippen molar-refractivity contribution < 1.29 is 22.5 Å². The first-order valence-electron chi connectivity index (χ1n) is 7.58. The van der Waals surface area contributed by atoms with Crippen LogP contribution < -0.4 is 0 Å². The van der Waals surface area contributed by atoms with Crippen LogP contribution in [0.1, 0.15) is 46.5 Å². The third-order valence-corrected chi connectivity index (χ3v) is 4.12. The van der Waals surface area contributed by atoms with Crippen LogP contribution in [-0.2, 0) is 13.2 Å². The Bertz CT molecular complexity index is 750. The molecule has 9 heteroatoms. The van der Waals surface area contributed by atoms with Crippen molar-refractivity contribution in [3.8, 4) is 0 Å². The molecule has 0 saturated carbocycles. The topological polar surface area (TPSA) is 64.2 Å². The number of halogens is 3. The molecule has 1 fully saturated rings. The van der Waals surface area contributed by atoms with Gasteiger partial charge in [0.15, 0.2) is 5.69 Å². The Kier molecular flexibility index (Phi) is 4.10. The molecular weight excluding hydrogens is 325 g/mol. The van der Waals surface area contributed by atoms with Crippen molar-refractivity contribution in [2.45, 2.75) is 31.9 Å². The number of amides is 1. The summed E-state index contributed by atoms with van der Waals surface area (Å²) in [5.41, 5.74) is -0.305. The van der Waals surface area contributed by atoms with Gasteiger partial charge >= 0.3 is 6.18 Å². The number of piperidine rings is 1. The van der Waals surface area contributed by atoms with E-state index in [1.165, 1.54) is 11.6 Å². The Hall–Kier alpha value is -2.32. The largest absolute Gasteiger partial charge is 0.434 e. The number of nitrogens with zero attached hydrogens (tertiary/aromatic N) is 4. The maximum absolute atomic E-state index is 12.8. The third-order valence-electron chi connectivity index (χ3n) is 4.12. The molecule has 1 amide bonds. The highest BCUT2D eigenvalue weighted by Gasteiger charge is 2.36. The molecule has 0 N–H and O–H groups in total. The first kappa shape index (κ1) is 16.5. The highest BCUT2D eigenvalue weighted by Crippen LogP contribution is 2.32. The lowest BCUT2D eigenvalue weighted by Gasteiger charge is -2.31. The molecule has 130 valence electrons. The number of carbonyl (C=O) groups excluding carboxylic acids is 1. The molecule has 0 spiro atoms. The summed E-state index contributed by atoms with van der Waals surface area (Å²) in [6, 6.07) is 1.55. The predicted molar refractivity (Wildman–Crippen MR) is 77.3 cm³/mol. The van der Waals surface area contributed by atoms with Crippen LogP contribution in [0.2, 0.25) is 0 Å². The van der Waals surface area contributed by atoms with Gasteiger partial charge < -0.3 is 14.0 Å². The van der Waals surface area contributed by atoms with Crippen LogP contribution in [0.15, 0.2) is 16.8 Å². The van der Waals surface area contributed by atoms with Crippen LogP contribution in [0.3, 0.4) is 0 Å². The molecule has 0 aliphatic carbocycles. The molecular formula is C15H17F3N4O2. The number of likely N-dealkylation sites (tertiary alicyclic amines) is 1. The molecule has 0 bridgehead atoms. The van der Waals surface area contributed by atoms with Gasteiger partial charge in [0, 0.05) is 38.3 Å². The Balaban J connectivity index is 1.79. The molecule has 3 heterocycles. The first-order chi connectivity index (χ1) is 11.3. The minimum Gasteiger partial charge on any atom is -0.351 e. The molecule has 3 rings (SSSR count). The summed E-state index contributed by atoms with van der Waals surface area (Å²) in [5.74, 6) is -0.0593. The SMILES string of the molecule is Cc1cc(C(=O)N2CCCC(c3nc(C(F)(F)F)cn3C)C2)on1. The minimum absolute atomic E-state index is 0.143. The highest BCUT2D eigenvalue weighted by molar-refractivity contribution is 5.91. The predicted octanol–water partition coefficient (Wildman–Crippen LogP) is 2.76. The maximum atomic E-state index is 12.8. The van der Waals surface area contributed by atoms with Crippen molar-refractivity contribution in [3.05, 3.63) is 35.2 Å². The van der Waals surface area contributed by atoms with Gasteiger partial charge in [0.1, 0.15) is 5.82 Å². The van der Waals surface area contributed by atoms with Crippen LogP contribution in [0, 0.1) is 6.92 Å². The van der Waals surface area contributed by atoms with Gasteiger partial charge in [0.25, 0.3) is 5.91 Å². The molecule has 2 aromatic rings. The Labute approximate surface area is 136 Å². The fourth-order valence-corrected chi connectivity index (χ4v) is 2.99. The fourth-order valence-electron chi connectivity index (χ4n) is 2.99. The van der Waals surface area contributed by atoms with E-state index < -0.39 is 11.9 Å². The van der Waals surface area contributed by atoms with Crippen molar-refractivity contribution in [1.29, 1.82) is 0 Å². The second-order valence-electron chi connectivity index (χ2n) is 6.02. The van der Waals surface area contributed by atoms with Crippen LogP contribution in [0.5, 0.6) is 0 Å². The van der Waals surface area contributed by atoms with E-state index in [4.69, 9.17) is 4.52 Å². The number of aromatic nitrogens is 3. The summed E-state index contributed by atoms with van der Waals surface area (Å²) in [5, 5.41) is 3.69. The average Bonchev–Trinajstić information content (AvgIpc) is 3.12. The van der Waals surface area contributed by atoms with Gasteiger partial charge in [-0.25, -0.2) is 4.98 Å². The maximum Gasteiger partial charge on any atom is 0.434 e. The van der Waals surface area contributed by atoms with Gasteiger partial charge in [-0.15, -0.1) is 0 Å². The Morgan fingerprint density at radius 2 is 2.17 bits per heavy atom. The van der Waals surface area contributed by atoms with Crippen molar-refractivity contribution in [2.24, 2.45) is 7.05 Å². The van der Waals surface area contributed by atoms with Crippen LogP contribution in [-0.4, -0.2) is 38.6 Å². The van der Waals surface area contributed by atoms with Gasteiger partial charge in [0.2, 0.25) is 5.76 Å². The van der Waals surface area contributed by atoms with E-state index in [-0.39, 0.29) is 17.6 Å². The zero-order valence-electron chi connectivity index (χ0n) is 13.3. The molecule has 2 aromatic heterocycles. The van der Waals surface area contributed by atoms with E-state index in [1.807, 2.05) is 0 Å². The highest BCUT2D eigenvalue weighted by atomic mass is 19.4. The van der Waals surface area contributed by atoms with Gasteiger partial charge in [-0.05, 0) is 19.8 Å². The zero-order chi connectivity index (χ0) is 17.5. The molecule has 1 aliphatic rings. The number of aryl methyl sites for hydroxylation is 2. The summed E-state index contributed by atoms with van der Waals surface area (Å²) in [6.07, 6.45) is -2.12. The number of rotatable bonds is 2. The number of hydrogen-bond donors (Lipinski definition) is 0. The third kappa shape index (κ3) is 3.15. The van der Waals surface area contributed by atoms with E-state index >= 15 is 0 Å². The summed E-state index contributed by atoms with van der Waals surface area (Å²) < 4.78 is 44.8. The van der Waals surface area contributed by atoms with E-state index in [0.717, 1.165) is 6.20 Å². The number of alkyl halides is 3. The molecule has 24 heavy (non-hydrogen) atoms. The van der Waals surface area contributed by atoms with Crippen molar-refractivity contribution in [1.82, 2.24) is 19.6 Å². The fraction of sp³-hybridized carbons (Fsp3) is 0.533. The first-order valence-corrected chi connectivity index (χ1v) is 7.58. The van der Waals surface area contributed by atoms with Crippen molar-refractivity contribution in [3.63, 3.8) is 0 Å². The minimum atomic E-state index is -4.47. The van der Waals surface area contributed by atoms with Crippen LogP contribution in [0.25, 0.3) is 0 Å². The molecule has 1 saturated heterocycles. The zero-order valence-corrected chi connectivity index (χ0v) is 13.3. The molecule has 0 radical (unpaired) electrons. The molecule has 1 unspecified atom stereocenters. The molecule has 0 aromatic carbocycles. The second-order valence-corrected chi connectivity index (χ2v) is 6.02. The van der Waals surface area contributed by atoms with Gasteiger partial charge in [0.05, 0.1) is 5.69 Å². The lowest BCUT2D eigenvalue weighted by atomic mass is 9.97. The van der Waals surface area contributed by atoms with E-state index in [2.05, 4.69) is 10.1 Å². The number of imidazole rings is 1. The van der Waals surface area contributed by atoms with Gasteiger partial charge in [-0.2, -0.15) is 13.2 Å². The smallest absolute Gasteiger partial charge is 0.351 e. The number of carbonyl (C=O) groups is 1. The Morgan fingerprint density at radius 3 is 2.75 bits per heavy atom. The molecule has 1 atom stereocenters. The Morgan fingerprint density at radius 1 is 1.42 bits per heavy atom. The van der Waals surface area contributed by atoms with Crippen LogP contribution >= 0.6 is 0 Å².